The molecule has 0 saturated heterocycles. The summed E-state index contributed by atoms with van der Waals surface area (Å²) in [7, 11) is 1.61. The maximum Gasteiger partial charge on any atom is 0.335 e. The number of hydrogen-bond acceptors (Lipinski definition) is 3. The Kier molecular flexibility index (Phi) is 3.66. The first-order valence-corrected chi connectivity index (χ1v) is 6.12. The van der Waals surface area contributed by atoms with E-state index >= 15 is 0 Å². The SMILES string of the molecule is CC(N)Cc1ccc(-n2c(=O)ccn(C)c2=O)cc1. The quantitative estimate of drug-likeness (QED) is 0.868. The maximum absolute atomic E-state index is 12.0. The minimum absolute atomic E-state index is 0.0816. The van der Waals surface area contributed by atoms with Gasteiger partial charge in [-0.15, -0.1) is 0 Å². The molecule has 19 heavy (non-hydrogen) atoms. The third-order valence-corrected chi connectivity index (χ3v) is 2.91. The standard InChI is InChI=1S/C14H17N3O2/c1-10(15)9-11-3-5-12(6-4-11)17-13(18)7-8-16(2)14(17)19/h3-8,10H,9,15H2,1-2H3. The van der Waals surface area contributed by atoms with E-state index in [1.54, 1.807) is 19.2 Å². The molecule has 0 amide bonds. The van der Waals surface area contributed by atoms with Crippen LogP contribution in [0.15, 0.2) is 46.1 Å². The van der Waals surface area contributed by atoms with Crippen molar-refractivity contribution in [2.75, 3.05) is 0 Å². The van der Waals surface area contributed by atoms with E-state index in [1.807, 2.05) is 19.1 Å². The highest BCUT2D eigenvalue weighted by Gasteiger charge is 2.06. The van der Waals surface area contributed by atoms with Crippen molar-refractivity contribution in [1.82, 2.24) is 9.13 Å². The second kappa shape index (κ2) is 5.24. The normalized spacial score (nSPS) is 12.4. The Balaban J connectivity index is 2.46. The first kappa shape index (κ1) is 13.3. The van der Waals surface area contributed by atoms with Crippen LogP contribution in [0, 0.1) is 0 Å². The molecule has 1 aromatic carbocycles. The second-order valence-electron chi connectivity index (χ2n) is 4.73. The average molecular weight is 259 g/mol. The molecule has 0 saturated carbocycles. The fourth-order valence-corrected chi connectivity index (χ4v) is 1.96. The Morgan fingerprint density at radius 1 is 1.16 bits per heavy atom. The predicted octanol–water partition coefficient (Wildman–Crippen LogP) is 0.426. The Labute approximate surface area is 110 Å². The molecule has 0 fully saturated rings. The zero-order valence-corrected chi connectivity index (χ0v) is 11.0. The Hall–Kier alpha value is -2.14. The number of aryl methyl sites for hydroxylation is 1. The van der Waals surface area contributed by atoms with Crippen LogP contribution in [-0.2, 0) is 13.5 Å². The minimum atomic E-state index is -0.354. The smallest absolute Gasteiger partial charge is 0.328 e. The van der Waals surface area contributed by atoms with E-state index < -0.39 is 0 Å². The minimum Gasteiger partial charge on any atom is -0.328 e. The molecule has 0 aliphatic rings. The van der Waals surface area contributed by atoms with Gasteiger partial charge in [-0.25, -0.2) is 9.36 Å². The van der Waals surface area contributed by atoms with Gasteiger partial charge in [-0.1, -0.05) is 12.1 Å². The summed E-state index contributed by atoms with van der Waals surface area (Å²) in [5.41, 5.74) is 6.70. The zero-order valence-electron chi connectivity index (χ0n) is 11.0. The van der Waals surface area contributed by atoms with Gasteiger partial charge >= 0.3 is 5.69 Å². The summed E-state index contributed by atoms with van der Waals surface area (Å²) in [6.07, 6.45) is 2.23. The van der Waals surface area contributed by atoms with E-state index in [9.17, 15) is 9.59 Å². The lowest BCUT2D eigenvalue weighted by atomic mass is 10.1. The number of hydrogen-bond donors (Lipinski definition) is 1. The van der Waals surface area contributed by atoms with Crippen molar-refractivity contribution in [3.63, 3.8) is 0 Å². The monoisotopic (exact) mass is 259 g/mol. The van der Waals surface area contributed by atoms with Gasteiger partial charge < -0.3 is 10.3 Å². The maximum atomic E-state index is 12.0. The summed E-state index contributed by atoms with van der Waals surface area (Å²) < 4.78 is 2.52. The second-order valence-corrected chi connectivity index (χ2v) is 4.73. The lowest BCUT2D eigenvalue weighted by molar-refractivity contribution is 0.731. The van der Waals surface area contributed by atoms with Crippen molar-refractivity contribution in [1.29, 1.82) is 0 Å². The molecule has 1 atom stereocenters. The molecule has 5 nitrogen and oxygen atoms in total. The van der Waals surface area contributed by atoms with Gasteiger partial charge in [-0.2, -0.15) is 0 Å². The predicted molar refractivity (Wildman–Crippen MR) is 74.6 cm³/mol. The third kappa shape index (κ3) is 2.82. The summed E-state index contributed by atoms with van der Waals surface area (Å²) in [4.78, 5) is 23.7. The highest BCUT2D eigenvalue weighted by atomic mass is 16.2. The van der Waals surface area contributed by atoms with E-state index in [0.717, 1.165) is 16.6 Å². The summed E-state index contributed by atoms with van der Waals surface area (Å²) in [5.74, 6) is 0. The third-order valence-electron chi connectivity index (χ3n) is 2.91. The van der Waals surface area contributed by atoms with Gasteiger partial charge in [0.1, 0.15) is 0 Å². The number of rotatable bonds is 3. The molecule has 1 unspecified atom stereocenters. The van der Waals surface area contributed by atoms with E-state index in [-0.39, 0.29) is 17.3 Å². The van der Waals surface area contributed by atoms with Crippen molar-refractivity contribution >= 4 is 0 Å². The van der Waals surface area contributed by atoms with Crippen molar-refractivity contribution < 1.29 is 0 Å². The fourth-order valence-electron chi connectivity index (χ4n) is 1.96. The molecule has 2 rings (SSSR count). The van der Waals surface area contributed by atoms with Crippen molar-refractivity contribution in [3.8, 4) is 5.69 Å². The molecule has 1 aromatic heterocycles. The van der Waals surface area contributed by atoms with E-state index in [4.69, 9.17) is 5.73 Å². The van der Waals surface area contributed by atoms with Crippen LogP contribution < -0.4 is 17.0 Å². The Morgan fingerprint density at radius 3 is 2.37 bits per heavy atom. The Morgan fingerprint density at radius 2 is 1.79 bits per heavy atom. The topological polar surface area (TPSA) is 70.0 Å². The molecule has 5 heteroatoms. The highest BCUT2D eigenvalue weighted by Crippen LogP contribution is 2.07. The summed E-state index contributed by atoms with van der Waals surface area (Å²) in [5, 5.41) is 0. The number of aromatic nitrogens is 2. The largest absolute Gasteiger partial charge is 0.335 e. The molecule has 2 aromatic rings. The summed E-state index contributed by atoms with van der Waals surface area (Å²) >= 11 is 0. The lowest BCUT2D eigenvalue weighted by Gasteiger charge is -2.08. The van der Waals surface area contributed by atoms with Gasteiger partial charge in [0.15, 0.2) is 0 Å². The van der Waals surface area contributed by atoms with Gasteiger partial charge in [0.2, 0.25) is 0 Å². The van der Waals surface area contributed by atoms with Gasteiger partial charge in [-0.3, -0.25) is 4.79 Å². The first-order valence-electron chi connectivity index (χ1n) is 6.12. The van der Waals surface area contributed by atoms with Crippen molar-refractivity contribution in [3.05, 3.63) is 62.9 Å². The van der Waals surface area contributed by atoms with Crippen LogP contribution in [0.5, 0.6) is 0 Å². The fraction of sp³-hybridized carbons (Fsp3) is 0.286. The number of benzene rings is 1. The van der Waals surface area contributed by atoms with Gasteiger partial charge in [-0.05, 0) is 31.0 Å². The van der Waals surface area contributed by atoms with Gasteiger partial charge in [0, 0.05) is 25.4 Å². The van der Waals surface area contributed by atoms with Gasteiger partial charge in [0.25, 0.3) is 5.56 Å². The molecule has 0 aliphatic heterocycles. The summed E-state index contributed by atoms with van der Waals surface area (Å²) in [6, 6.07) is 8.76. The van der Waals surface area contributed by atoms with E-state index in [0.29, 0.717) is 5.69 Å². The van der Waals surface area contributed by atoms with Crippen molar-refractivity contribution in [2.45, 2.75) is 19.4 Å². The van der Waals surface area contributed by atoms with E-state index in [2.05, 4.69) is 0 Å². The lowest BCUT2D eigenvalue weighted by Crippen LogP contribution is -2.36. The van der Waals surface area contributed by atoms with E-state index in [1.165, 1.54) is 16.8 Å². The molecule has 0 radical (unpaired) electrons. The zero-order chi connectivity index (χ0) is 14.0. The van der Waals surface area contributed by atoms with Crippen LogP contribution in [0.1, 0.15) is 12.5 Å². The van der Waals surface area contributed by atoms with Crippen LogP contribution in [0.3, 0.4) is 0 Å². The van der Waals surface area contributed by atoms with Crippen LogP contribution in [0.2, 0.25) is 0 Å². The molecule has 0 spiro atoms. The van der Waals surface area contributed by atoms with Crippen LogP contribution >= 0.6 is 0 Å². The van der Waals surface area contributed by atoms with Gasteiger partial charge in [0.05, 0.1) is 5.69 Å². The number of nitrogens with two attached hydrogens (primary N) is 1. The molecule has 100 valence electrons. The molecule has 0 aliphatic carbocycles. The van der Waals surface area contributed by atoms with Crippen molar-refractivity contribution in [2.24, 2.45) is 12.8 Å². The average Bonchev–Trinajstić information content (AvgIpc) is 2.36. The van der Waals surface area contributed by atoms with Crippen LogP contribution in [0.4, 0.5) is 0 Å². The molecular weight excluding hydrogens is 242 g/mol. The first-order chi connectivity index (χ1) is 8.99. The van der Waals surface area contributed by atoms with Crippen LogP contribution in [0.25, 0.3) is 5.69 Å². The van der Waals surface area contributed by atoms with Crippen LogP contribution in [-0.4, -0.2) is 15.2 Å². The molecular formula is C14H17N3O2. The molecule has 2 N–H and O–H groups in total. The summed E-state index contributed by atoms with van der Waals surface area (Å²) in [6.45, 7) is 1.94. The Bertz CT molecular complexity index is 681. The molecule has 0 bridgehead atoms. The highest BCUT2D eigenvalue weighted by molar-refractivity contribution is 5.34. The molecule has 1 heterocycles. The number of nitrogens with zero attached hydrogens (tertiary/aromatic N) is 2.